The fourth-order valence-electron chi connectivity index (χ4n) is 3.27. The molecule has 0 amide bonds. The van der Waals surface area contributed by atoms with Crippen molar-refractivity contribution >= 4 is 5.96 Å². The van der Waals surface area contributed by atoms with Crippen LogP contribution in [0.1, 0.15) is 17.5 Å². The van der Waals surface area contributed by atoms with Crippen molar-refractivity contribution in [2.75, 3.05) is 26.8 Å². The lowest BCUT2D eigenvalue weighted by molar-refractivity contribution is 0.128. The lowest BCUT2D eigenvalue weighted by atomic mass is 9.90. The second kappa shape index (κ2) is 4.49. The van der Waals surface area contributed by atoms with Gasteiger partial charge in [0, 0.05) is 13.7 Å². The summed E-state index contributed by atoms with van der Waals surface area (Å²) in [6, 6.07) is 5.29. The van der Waals surface area contributed by atoms with Gasteiger partial charge in [-0.15, -0.1) is 0 Å². The van der Waals surface area contributed by atoms with Crippen molar-refractivity contribution in [3.8, 4) is 0 Å². The van der Waals surface area contributed by atoms with E-state index >= 15 is 0 Å². The smallest absolute Gasteiger partial charge is 0.192 e. The zero-order valence-electron chi connectivity index (χ0n) is 11.0. The number of methoxy groups -OCH3 is 1. The SMILES string of the molecule is COCCN1C(N)=NCC12CCc1c(F)cccc12. The molecule has 0 aromatic heterocycles. The molecule has 2 aliphatic rings. The van der Waals surface area contributed by atoms with Gasteiger partial charge in [-0.1, -0.05) is 12.1 Å². The van der Waals surface area contributed by atoms with Crippen molar-refractivity contribution in [2.24, 2.45) is 10.7 Å². The molecule has 1 unspecified atom stereocenters. The van der Waals surface area contributed by atoms with Crippen LogP contribution in [0.4, 0.5) is 4.39 Å². The number of fused-ring (bicyclic) bond motifs is 2. The van der Waals surface area contributed by atoms with E-state index in [1.807, 2.05) is 6.07 Å². The second-order valence-corrected chi connectivity index (χ2v) is 5.12. The molecule has 1 aromatic rings. The van der Waals surface area contributed by atoms with Gasteiger partial charge in [-0.3, -0.25) is 4.99 Å². The van der Waals surface area contributed by atoms with E-state index in [0.29, 0.717) is 25.7 Å². The van der Waals surface area contributed by atoms with E-state index in [9.17, 15) is 4.39 Å². The Hall–Kier alpha value is -1.62. The van der Waals surface area contributed by atoms with Crippen LogP contribution in [0.2, 0.25) is 0 Å². The quantitative estimate of drug-likeness (QED) is 0.892. The number of nitrogens with zero attached hydrogens (tertiary/aromatic N) is 2. The van der Waals surface area contributed by atoms with Crippen LogP contribution < -0.4 is 5.73 Å². The van der Waals surface area contributed by atoms with E-state index in [1.54, 1.807) is 13.2 Å². The van der Waals surface area contributed by atoms with Crippen molar-refractivity contribution in [1.29, 1.82) is 0 Å². The van der Waals surface area contributed by atoms with Gasteiger partial charge in [0.25, 0.3) is 0 Å². The molecule has 0 bridgehead atoms. The number of rotatable bonds is 3. The summed E-state index contributed by atoms with van der Waals surface area (Å²) in [7, 11) is 1.67. The Bertz CT molecular complexity index is 531. The molecule has 3 rings (SSSR count). The Balaban J connectivity index is 2.00. The number of benzene rings is 1. The highest BCUT2D eigenvalue weighted by molar-refractivity contribution is 5.81. The highest BCUT2D eigenvalue weighted by Gasteiger charge is 2.48. The molecule has 0 radical (unpaired) electrons. The lowest BCUT2D eigenvalue weighted by Gasteiger charge is -2.36. The van der Waals surface area contributed by atoms with Gasteiger partial charge in [0.2, 0.25) is 0 Å². The van der Waals surface area contributed by atoms with Gasteiger partial charge in [-0.2, -0.15) is 0 Å². The average molecular weight is 263 g/mol. The average Bonchev–Trinajstić information content (AvgIpc) is 2.93. The van der Waals surface area contributed by atoms with Gasteiger partial charge in [0.15, 0.2) is 5.96 Å². The maximum Gasteiger partial charge on any atom is 0.192 e. The van der Waals surface area contributed by atoms with Gasteiger partial charge >= 0.3 is 0 Å². The maximum absolute atomic E-state index is 13.9. The number of aliphatic imine (C=N–C) groups is 1. The van der Waals surface area contributed by atoms with E-state index in [1.165, 1.54) is 6.07 Å². The first-order chi connectivity index (χ1) is 9.19. The molecule has 2 N–H and O–H groups in total. The summed E-state index contributed by atoms with van der Waals surface area (Å²) in [5, 5.41) is 0. The molecule has 5 heteroatoms. The van der Waals surface area contributed by atoms with Crippen LogP contribution in [0.5, 0.6) is 0 Å². The molecular weight excluding hydrogens is 245 g/mol. The van der Waals surface area contributed by atoms with Crippen LogP contribution in [-0.2, 0) is 16.7 Å². The highest BCUT2D eigenvalue weighted by Crippen LogP contribution is 2.44. The third kappa shape index (κ3) is 1.72. The number of nitrogens with two attached hydrogens (primary N) is 1. The van der Waals surface area contributed by atoms with Gasteiger partial charge in [-0.25, -0.2) is 4.39 Å². The molecule has 102 valence electrons. The minimum Gasteiger partial charge on any atom is -0.383 e. The first-order valence-corrected chi connectivity index (χ1v) is 6.53. The Labute approximate surface area is 112 Å². The molecule has 0 fully saturated rings. The molecule has 1 aromatic carbocycles. The van der Waals surface area contributed by atoms with Gasteiger partial charge in [0.05, 0.1) is 18.7 Å². The zero-order chi connectivity index (χ0) is 13.5. The predicted octanol–water partition coefficient (Wildman–Crippen LogP) is 1.24. The van der Waals surface area contributed by atoms with Crippen LogP contribution in [0.25, 0.3) is 0 Å². The van der Waals surface area contributed by atoms with E-state index in [4.69, 9.17) is 10.5 Å². The fraction of sp³-hybridized carbons (Fsp3) is 0.500. The van der Waals surface area contributed by atoms with Crippen LogP contribution in [0, 0.1) is 5.82 Å². The van der Waals surface area contributed by atoms with Crippen LogP contribution in [0.15, 0.2) is 23.2 Å². The van der Waals surface area contributed by atoms with Crippen molar-refractivity contribution < 1.29 is 9.13 Å². The van der Waals surface area contributed by atoms with Crippen LogP contribution in [0.3, 0.4) is 0 Å². The summed E-state index contributed by atoms with van der Waals surface area (Å²) in [5.74, 6) is 0.417. The van der Waals surface area contributed by atoms with E-state index in [-0.39, 0.29) is 11.4 Å². The molecule has 1 aliphatic heterocycles. The zero-order valence-corrected chi connectivity index (χ0v) is 11.0. The Morgan fingerprint density at radius 3 is 3.16 bits per heavy atom. The maximum atomic E-state index is 13.9. The molecule has 1 atom stereocenters. The molecule has 1 spiro atoms. The standard InChI is InChI=1S/C14H18FN3O/c1-19-8-7-18-13(16)17-9-14(18)6-5-10-11(14)3-2-4-12(10)15/h2-4H,5-9H2,1H3,(H2,16,17). The molecule has 4 nitrogen and oxygen atoms in total. The summed E-state index contributed by atoms with van der Waals surface area (Å²) < 4.78 is 19.0. The van der Waals surface area contributed by atoms with Crippen molar-refractivity contribution in [1.82, 2.24) is 4.90 Å². The third-order valence-electron chi connectivity index (χ3n) is 4.22. The molecular formula is C14H18FN3O. The number of ether oxygens (including phenoxy) is 1. The minimum atomic E-state index is -0.264. The largest absolute Gasteiger partial charge is 0.383 e. The summed E-state index contributed by atoms with van der Waals surface area (Å²) in [5.41, 5.74) is 7.58. The fourth-order valence-corrected chi connectivity index (χ4v) is 3.27. The second-order valence-electron chi connectivity index (χ2n) is 5.12. The van der Waals surface area contributed by atoms with Crippen LogP contribution >= 0.6 is 0 Å². The molecule has 0 saturated carbocycles. The normalized spacial score (nSPS) is 24.9. The highest BCUT2D eigenvalue weighted by atomic mass is 19.1. The molecule has 0 saturated heterocycles. The third-order valence-corrected chi connectivity index (χ3v) is 4.22. The summed E-state index contributed by atoms with van der Waals surface area (Å²) >= 11 is 0. The van der Waals surface area contributed by atoms with Crippen LogP contribution in [-0.4, -0.2) is 37.7 Å². The van der Waals surface area contributed by atoms with E-state index < -0.39 is 0 Å². The number of guanidine groups is 1. The van der Waals surface area contributed by atoms with Crippen molar-refractivity contribution in [2.45, 2.75) is 18.4 Å². The first-order valence-electron chi connectivity index (χ1n) is 6.53. The van der Waals surface area contributed by atoms with Gasteiger partial charge in [-0.05, 0) is 30.0 Å². The van der Waals surface area contributed by atoms with Gasteiger partial charge < -0.3 is 15.4 Å². The number of hydrogen-bond donors (Lipinski definition) is 1. The predicted molar refractivity (Wildman–Crippen MR) is 71.5 cm³/mol. The van der Waals surface area contributed by atoms with E-state index in [0.717, 1.165) is 24.0 Å². The van der Waals surface area contributed by atoms with Crippen molar-refractivity contribution in [3.63, 3.8) is 0 Å². The summed E-state index contributed by atoms with van der Waals surface area (Å²) in [6.45, 7) is 1.88. The molecule has 1 heterocycles. The van der Waals surface area contributed by atoms with Gasteiger partial charge in [0.1, 0.15) is 5.82 Å². The molecule has 1 aliphatic carbocycles. The number of halogens is 1. The lowest BCUT2D eigenvalue weighted by Crippen LogP contribution is -2.49. The Morgan fingerprint density at radius 1 is 1.53 bits per heavy atom. The summed E-state index contributed by atoms with van der Waals surface area (Å²) in [4.78, 5) is 6.45. The topological polar surface area (TPSA) is 50.9 Å². The monoisotopic (exact) mass is 263 g/mol. The minimum absolute atomic E-state index is 0.119. The molecule has 19 heavy (non-hydrogen) atoms. The van der Waals surface area contributed by atoms with Crippen molar-refractivity contribution in [3.05, 3.63) is 35.1 Å². The van der Waals surface area contributed by atoms with E-state index in [2.05, 4.69) is 9.89 Å². The Kier molecular flexibility index (Phi) is 2.93. The summed E-state index contributed by atoms with van der Waals surface area (Å²) in [6.07, 6.45) is 1.60. The first kappa shape index (κ1) is 12.4. The number of hydrogen-bond acceptors (Lipinski definition) is 4. The Morgan fingerprint density at radius 2 is 2.37 bits per heavy atom.